The van der Waals surface area contributed by atoms with Gasteiger partial charge in [-0.15, -0.1) is 0 Å². The van der Waals surface area contributed by atoms with Gasteiger partial charge in [0.2, 0.25) is 0 Å². The summed E-state index contributed by atoms with van der Waals surface area (Å²) < 4.78 is 59.6. The molecule has 1 aromatic carbocycles. The Labute approximate surface area is 130 Å². The highest BCUT2D eigenvalue weighted by Gasteiger charge is 2.48. The van der Waals surface area contributed by atoms with Gasteiger partial charge in [-0.25, -0.2) is 27.3 Å². The zero-order valence-corrected chi connectivity index (χ0v) is 11.6. The van der Waals surface area contributed by atoms with Gasteiger partial charge in [-0.1, -0.05) is 0 Å². The molecule has 2 rings (SSSR count). The van der Waals surface area contributed by atoms with Crippen LogP contribution in [-0.2, 0) is 10.3 Å². The average Bonchev–Trinajstić information content (AvgIpc) is 2.48. The molecular weight excluding hydrogens is 342 g/mol. The van der Waals surface area contributed by atoms with Crippen LogP contribution in [0.5, 0.6) is 0 Å². The number of hydrogen-bond acceptors (Lipinski definition) is 5. The van der Waals surface area contributed by atoms with E-state index in [4.69, 9.17) is 9.84 Å². The van der Waals surface area contributed by atoms with Gasteiger partial charge in [0.15, 0.2) is 17.2 Å². The van der Waals surface area contributed by atoms with Crippen molar-refractivity contribution in [1.82, 2.24) is 5.32 Å². The van der Waals surface area contributed by atoms with Crippen LogP contribution in [0.2, 0.25) is 0 Å². The normalized spacial score (nSPS) is 20.6. The number of carboxylic acid groups (broad SMARTS) is 1. The largest absolute Gasteiger partial charge is 0.465 e. The molecule has 0 aromatic heterocycles. The number of non-ortho nitro benzene ring substituents is 1. The predicted octanol–water partition coefficient (Wildman–Crippen LogP) is 2.03. The van der Waals surface area contributed by atoms with E-state index in [9.17, 15) is 32.5 Å². The molecule has 2 N–H and O–H groups in total. The van der Waals surface area contributed by atoms with Gasteiger partial charge in [0, 0.05) is 11.6 Å². The van der Waals surface area contributed by atoms with E-state index in [1.165, 1.54) is 0 Å². The van der Waals surface area contributed by atoms with E-state index < -0.39 is 64.9 Å². The van der Waals surface area contributed by atoms with E-state index >= 15 is 0 Å². The minimum absolute atomic E-state index is 0.238. The number of nitro benzene ring substituents is 1. The van der Waals surface area contributed by atoms with Crippen LogP contribution in [0.15, 0.2) is 17.1 Å². The lowest BCUT2D eigenvalue weighted by Crippen LogP contribution is -2.47. The molecular formula is C12H9F4N3O5. The van der Waals surface area contributed by atoms with E-state index in [1.807, 2.05) is 0 Å². The number of carbonyl (C=O) groups is 1. The second kappa shape index (κ2) is 6.39. The molecule has 130 valence electrons. The number of hydrogen-bond donors (Lipinski definition) is 2. The van der Waals surface area contributed by atoms with Gasteiger partial charge >= 0.3 is 6.09 Å². The van der Waals surface area contributed by atoms with Crippen molar-refractivity contribution in [2.45, 2.75) is 12.0 Å². The first-order chi connectivity index (χ1) is 11.2. The molecule has 1 aromatic rings. The van der Waals surface area contributed by atoms with E-state index in [0.717, 1.165) is 0 Å². The highest BCUT2D eigenvalue weighted by Crippen LogP contribution is 2.39. The topological polar surface area (TPSA) is 114 Å². The number of alkyl halides is 2. The van der Waals surface area contributed by atoms with Crippen LogP contribution in [0.4, 0.5) is 28.0 Å². The Hall–Kier alpha value is -2.76. The number of amidine groups is 1. The van der Waals surface area contributed by atoms with Gasteiger partial charge < -0.3 is 9.84 Å². The highest BCUT2D eigenvalue weighted by atomic mass is 19.3. The minimum atomic E-state index is -3.46. The average molecular weight is 351 g/mol. The van der Waals surface area contributed by atoms with Crippen LogP contribution in [0, 0.1) is 21.7 Å². The first-order valence-electron chi connectivity index (χ1n) is 6.26. The molecule has 0 saturated carbocycles. The number of amides is 1. The fraction of sp³-hybridized carbons (Fsp3) is 0.333. The maximum absolute atomic E-state index is 14.0. The quantitative estimate of drug-likeness (QED) is 0.491. The van der Waals surface area contributed by atoms with E-state index in [1.54, 1.807) is 5.32 Å². The summed E-state index contributed by atoms with van der Waals surface area (Å²) in [7, 11) is 0. The third-order valence-electron chi connectivity index (χ3n) is 3.20. The molecule has 1 amide bonds. The summed E-state index contributed by atoms with van der Waals surface area (Å²) in [5.41, 5.74) is -4.89. The van der Waals surface area contributed by atoms with Gasteiger partial charge in [0.1, 0.15) is 12.4 Å². The number of benzene rings is 1. The number of nitrogens with one attached hydrogen (secondary N) is 1. The fourth-order valence-corrected chi connectivity index (χ4v) is 2.16. The Balaban J connectivity index is 2.67. The molecule has 12 heteroatoms. The second-order valence-corrected chi connectivity index (χ2v) is 4.75. The number of halogens is 4. The summed E-state index contributed by atoms with van der Waals surface area (Å²) in [5, 5.41) is 21.0. The summed E-state index contributed by atoms with van der Waals surface area (Å²) >= 11 is 0. The number of ether oxygens (including phenoxy) is 1. The Bertz CT molecular complexity index is 727. The van der Waals surface area contributed by atoms with E-state index in [-0.39, 0.29) is 6.07 Å². The van der Waals surface area contributed by atoms with Crippen LogP contribution in [-0.4, -0.2) is 41.6 Å². The fourth-order valence-electron chi connectivity index (χ4n) is 2.16. The zero-order chi connectivity index (χ0) is 18.1. The monoisotopic (exact) mass is 351 g/mol. The molecule has 24 heavy (non-hydrogen) atoms. The molecule has 1 aliphatic rings. The van der Waals surface area contributed by atoms with Crippen molar-refractivity contribution in [2.24, 2.45) is 4.99 Å². The summed E-state index contributed by atoms with van der Waals surface area (Å²) in [6.45, 7) is -1.41. The molecule has 0 radical (unpaired) electrons. The van der Waals surface area contributed by atoms with Gasteiger partial charge in [-0.2, -0.15) is 0 Å². The van der Waals surface area contributed by atoms with Crippen molar-refractivity contribution in [2.75, 3.05) is 13.2 Å². The first-order valence-corrected chi connectivity index (χ1v) is 6.26. The lowest BCUT2D eigenvalue weighted by molar-refractivity contribution is -0.385. The molecule has 0 spiro atoms. The number of nitro groups is 1. The van der Waals surface area contributed by atoms with Crippen LogP contribution in [0.3, 0.4) is 0 Å². The van der Waals surface area contributed by atoms with Crippen molar-refractivity contribution >= 4 is 17.6 Å². The predicted molar refractivity (Wildman–Crippen MR) is 70.1 cm³/mol. The molecule has 0 unspecified atom stereocenters. The lowest BCUT2D eigenvalue weighted by atomic mass is 9.89. The Morgan fingerprint density at radius 3 is 2.67 bits per heavy atom. The standard InChI is InChI=1S/C12H9F4N3O5/c13-7-2-5(19(22)23)1-6(9(7)14)12(10(15)16)4-24-3-8(18-12)17-11(20)21/h1-2,10H,3-4H2,(H,17,18)(H,20,21)/t12-/m0/s1. The third kappa shape index (κ3) is 3.13. The maximum atomic E-state index is 14.0. The summed E-state index contributed by atoms with van der Waals surface area (Å²) in [5.74, 6) is -4.04. The van der Waals surface area contributed by atoms with E-state index in [2.05, 4.69) is 4.99 Å². The molecule has 0 fully saturated rings. The highest BCUT2D eigenvalue weighted by molar-refractivity contribution is 5.96. The second-order valence-electron chi connectivity index (χ2n) is 4.75. The Morgan fingerprint density at radius 2 is 2.12 bits per heavy atom. The van der Waals surface area contributed by atoms with Crippen molar-refractivity contribution in [3.8, 4) is 0 Å². The summed E-state index contributed by atoms with van der Waals surface area (Å²) in [4.78, 5) is 23.7. The van der Waals surface area contributed by atoms with E-state index in [0.29, 0.717) is 6.07 Å². The number of nitrogens with zero attached hydrogens (tertiary/aromatic N) is 2. The number of rotatable bonds is 3. The maximum Gasteiger partial charge on any atom is 0.410 e. The van der Waals surface area contributed by atoms with Crippen molar-refractivity contribution in [1.29, 1.82) is 0 Å². The van der Waals surface area contributed by atoms with Crippen LogP contribution in [0.1, 0.15) is 5.56 Å². The Morgan fingerprint density at radius 1 is 1.46 bits per heavy atom. The molecule has 1 atom stereocenters. The first kappa shape index (κ1) is 17.6. The molecule has 0 bridgehead atoms. The SMILES string of the molecule is O=C(O)NC1=N[C@@](c2cc([N+](=O)[O-])cc(F)c2F)(C(F)F)COC1. The third-order valence-corrected chi connectivity index (χ3v) is 3.20. The van der Waals surface area contributed by atoms with Crippen molar-refractivity contribution < 1.29 is 37.1 Å². The smallest absolute Gasteiger partial charge is 0.410 e. The van der Waals surface area contributed by atoms with Crippen molar-refractivity contribution in [3.05, 3.63) is 39.4 Å². The van der Waals surface area contributed by atoms with Crippen LogP contribution in [0.25, 0.3) is 0 Å². The lowest BCUT2D eigenvalue weighted by Gasteiger charge is -2.33. The molecule has 8 nitrogen and oxygen atoms in total. The molecule has 1 heterocycles. The van der Waals surface area contributed by atoms with Crippen LogP contribution >= 0.6 is 0 Å². The van der Waals surface area contributed by atoms with Gasteiger partial charge in [-0.05, 0) is 0 Å². The van der Waals surface area contributed by atoms with Crippen LogP contribution < -0.4 is 5.32 Å². The van der Waals surface area contributed by atoms with Crippen molar-refractivity contribution in [3.63, 3.8) is 0 Å². The van der Waals surface area contributed by atoms with Gasteiger partial charge in [0.05, 0.1) is 17.6 Å². The molecule has 1 aliphatic heterocycles. The summed E-state index contributed by atoms with van der Waals surface area (Å²) in [6, 6.07) is 0.656. The summed E-state index contributed by atoms with van der Waals surface area (Å²) in [6.07, 6.45) is -5.09. The molecule has 0 aliphatic carbocycles. The minimum Gasteiger partial charge on any atom is -0.465 e. The Kier molecular flexibility index (Phi) is 4.68. The zero-order valence-electron chi connectivity index (χ0n) is 11.6. The molecule has 0 saturated heterocycles. The van der Waals surface area contributed by atoms with Gasteiger partial charge in [-0.3, -0.25) is 15.4 Å². The number of aliphatic imine (C=N–C) groups is 1. The van der Waals surface area contributed by atoms with Gasteiger partial charge in [0.25, 0.3) is 12.1 Å².